The maximum absolute atomic E-state index is 12.9. The molecule has 1 aromatic heterocycles. The Morgan fingerprint density at radius 1 is 1.07 bits per heavy atom. The second kappa shape index (κ2) is 9.50. The Morgan fingerprint density at radius 3 is 2.59 bits per heavy atom. The van der Waals surface area contributed by atoms with Crippen LogP contribution in [0.4, 0.5) is 16.0 Å². The SMILES string of the molecule is COc1ccc(NC(=O)c2ccnc(NCCc3ccc(F)cc3)n2)c(OC)c1. The third-order valence-electron chi connectivity index (χ3n) is 4.16. The summed E-state index contributed by atoms with van der Waals surface area (Å²) < 4.78 is 23.4. The van der Waals surface area contributed by atoms with Crippen molar-refractivity contribution in [3.8, 4) is 11.5 Å². The van der Waals surface area contributed by atoms with E-state index in [0.717, 1.165) is 5.56 Å². The minimum absolute atomic E-state index is 0.210. The quantitative estimate of drug-likeness (QED) is 0.606. The maximum Gasteiger partial charge on any atom is 0.274 e. The number of benzene rings is 2. The zero-order valence-electron chi connectivity index (χ0n) is 16.1. The number of hydrogen-bond acceptors (Lipinski definition) is 6. The van der Waals surface area contributed by atoms with Gasteiger partial charge in [0.05, 0.1) is 19.9 Å². The van der Waals surface area contributed by atoms with E-state index < -0.39 is 5.91 Å². The van der Waals surface area contributed by atoms with Crippen LogP contribution in [0.3, 0.4) is 0 Å². The summed E-state index contributed by atoms with van der Waals surface area (Å²) in [6, 6.07) is 12.9. The van der Waals surface area contributed by atoms with Gasteiger partial charge in [-0.25, -0.2) is 14.4 Å². The molecule has 0 fully saturated rings. The minimum Gasteiger partial charge on any atom is -0.497 e. The lowest BCUT2D eigenvalue weighted by molar-refractivity contribution is 0.102. The molecule has 8 heteroatoms. The Balaban J connectivity index is 1.62. The summed E-state index contributed by atoms with van der Waals surface area (Å²) in [7, 11) is 3.07. The lowest BCUT2D eigenvalue weighted by Gasteiger charge is -2.12. The van der Waals surface area contributed by atoms with Crippen LogP contribution in [0.25, 0.3) is 0 Å². The normalized spacial score (nSPS) is 10.3. The number of hydrogen-bond donors (Lipinski definition) is 2. The lowest BCUT2D eigenvalue weighted by Crippen LogP contribution is -2.16. The van der Waals surface area contributed by atoms with Gasteiger partial charge >= 0.3 is 0 Å². The average Bonchev–Trinajstić information content (AvgIpc) is 2.75. The van der Waals surface area contributed by atoms with Gasteiger partial charge in [0, 0.05) is 18.8 Å². The predicted octanol–water partition coefficient (Wildman–Crippen LogP) is 3.54. The molecule has 7 nitrogen and oxygen atoms in total. The highest BCUT2D eigenvalue weighted by Crippen LogP contribution is 2.29. The van der Waals surface area contributed by atoms with E-state index in [4.69, 9.17) is 9.47 Å². The van der Waals surface area contributed by atoms with Crippen molar-refractivity contribution in [1.82, 2.24) is 9.97 Å². The molecule has 0 atom stereocenters. The van der Waals surface area contributed by atoms with Crippen LogP contribution < -0.4 is 20.1 Å². The van der Waals surface area contributed by atoms with E-state index in [1.54, 1.807) is 37.4 Å². The highest BCUT2D eigenvalue weighted by atomic mass is 19.1. The second-order valence-corrected chi connectivity index (χ2v) is 6.09. The standard InChI is InChI=1S/C21H21FN4O3/c1-28-16-7-8-17(19(13-16)29-2)25-20(27)18-10-12-24-21(26-18)23-11-9-14-3-5-15(22)6-4-14/h3-8,10,12-13H,9,11H2,1-2H3,(H,25,27)(H,23,24,26). The van der Waals surface area contributed by atoms with Crippen molar-refractivity contribution in [3.05, 3.63) is 71.8 Å². The summed E-state index contributed by atoms with van der Waals surface area (Å²) in [4.78, 5) is 20.9. The third-order valence-corrected chi connectivity index (χ3v) is 4.16. The van der Waals surface area contributed by atoms with E-state index in [1.165, 1.54) is 31.5 Å². The Kier molecular flexibility index (Phi) is 6.57. The molecule has 0 saturated carbocycles. The molecular formula is C21H21FN4O3. The Bertz CT molecular complexity index is 980. The predicted molar refractivity (Wildman–Crippen MR) is 108 cm³/mol. The summed E-state index contributed by atoms with van der Waals surface area (Å²) in [5.41, 5.74) is 1.70. The van der Waals surface area contributed by atoms with E-state index in [-0.39, 0.29) is 11.5 Å². The number of aromatic nitrogens is 2. The van der Waals surface area contributed by atoms with E-state index >= 15 is 0 Å². The molecule has 0 aliphatic carbocycles. The first-order valence-electron chi connectivity index (χ1n) is 8.94. The first-order chi connectivity index (χ1) is 14.1. The van der Waals surface area contributed by atoms with Crippen molar-refractivity contribution in [2.24, 2.45) is 0 Å². The van der Waals surface area contributed by atoms with E-state index in [0.29, 0.717) is 36.1 Å². The van der Waals surface area contributed by atoms with Crippen molar-refractivity contribution in [1.29, 1.82) is 0 Å². The number of rotatable bonds is 8. The molecule has 0 aliphatic heterocycles. The fraction of sp³-hybridized carbons (Fsp3) is 0.190. The number of halogens is 1. The molecule has 1 amide bonds. The highest BCUT2D eigenvalue weighted by Gasteiger charge is 2.13. The number of carbonyl (C=O) groups excluding carboxylic acids is 1. The summed E-state index contributed by atoms with van der Waals surface area (Å²) >= 11 is 0. The van der Waals surface area contributed by atoms with Gasteiger partial charge in [0.2, 0.25) is 5.95 Å². The molecule has 0 radical (unpaired) electrons. The van der Waals surface area contributed by atoms with Gasteiger partial charge in [-0.1, -0.05) is 12.1 Å². The first-order valence-corrected chi connectivity index (χ1v) is 8.94. The molecular weight excluding hydrogens is 375 g/mol. The van der Waals surface area contributed by atoms with Crippen molar-refractivity contribution in [2.75, 3.05) is 31.4 Å². The number of anilines is 2. The topological polar surface area (TPSA) is 85.4 Å². The van der Waals surface area contributed by atoms with Gasteiger partial charge in [0.25, 0.3) is 5.91 Å². The maximum atomic E-state index is 12.9. The molecule has 0 bridgehead atoms. The van der Waals surface area contributed by atoms with Crippen molar-refractivity contribution >= 4 is 17.5 Å². The van der Waals surface area contributed by atoms with Gasteiger partial charge in [0.1, 0.15) is 23.0 Å². The second-order valence-electron chi connectivity index (χ2n) is 6.09. The number of amides is 1. The van der Waals surface area contributed by atoms with Crippen LogP contribution in [0.1, 0.15) is 16.1 Å². The minimum atomic E-state index is -0.391. The molecule has 2 aromatic carbocycles. The van der Waals surface area contributed by atoms with Gasteiger partial charge in [0.15, 0.2) is 0 Å². The number of ether oxygens (including phenoxy) is 2. The summed E-state index contributed by atoms with van der Waals surface area (Å²) in [6.07, 6.45) is 2.18. The highest BCUT2D eigenvalue weighted by molar-refractivity contribution is 6.03. The molecule has 3 rings (SSSR count). The fourth-order valence-corrected chi connectivity index (χ4v) is 2.63. The van der Waals surface area contributed by atoms with Crippen molar-refractivity contribution < 1.29 is 18.7 Å². The molecule has 0 aliphatic rings. The van der Waals surface area contributed by atoms with Crippen LogP contribution >= 0.6 is 0 Å². The molecule has 0 unspecified atom stereocenters. The van der Waals surface area contributed by atoms with Crippen LogP contribution in [0, 0.1) is 5.82 Å². The zero-order chi connectivity index (χ0) is 20.6. The molecule has 0 saturated heterocycles. The number of carbonyl (C=O) groups is 1. The van der Waals surface area contributed by atoms with Gasteiger partial charge < -0.3 is 20.1 Å². The molecule has 1 heterocycles. The lowest BCUT2D eigenvalue weighted by atomic mass is 10.1. The summed E-state index contributed by atoms with van der Waals surface area (Å²) in [5.74, 6) is 0.773. The zero-order valence-corrected chi connectivity index (χ0v) is 16.1. The fourth-order valence-electron chi connectivity index (χ4n) is 2.63. The number of nitrogens with one attached hydrogen (secondary N) is 2. The van der Waals surface area contributed by atoms with Gasteiger partial charge in [-0.05, 0) is 42.3 Å². The van der Waals surface area contributed by atoms with E-state index in [9.17, 15) is 9.18 Å². The summed E-state index contributed by atoms with van der Waals surface area (Å²) in [6.45, 7) is 0.545. The molecule has 0 spiro atoms. The first kappa shape index (κ1) is 20.1. The average molecular weight is 396 g/mol. The van der Waals surface area contributed by atoms with E-state index in [2.05, 4.69) is 20.6 Å². The van der Waals surface area contributed by atoms with Crippen LogP contribution in [-0.4, -0.2) is 36.6 Å². The van der Waals surface area contributed by atoms with Crippen LogP contribution in [-0.2, 0) is 6.42 Å². The third kappa shape index (κ3) is 5.41. The number of methoxy groups -OCH3 is 2. The van der Waals surface area contributed by atoms with Gasteiger partial charge in [-0.15, -0.1) is 0 Å². The van der Waals surface area contributed by atoms with E-state index in [1.807, 2.05) is 0 Å². The van der Waals surface area contributed by atoms with Gasteiger partial charge in [-0.3, -0.25) is 4.79 Å². The van der Waals surface area contributed by atoms with Crippen molar-refractivity contribution in [3.63, 3.8) is 0 Å². The molecule has 29 heavy (non-hydrogen) atoms. The summed E-state index contributed by atoms with van der Waals surface area (Å²) in [5, 5.41) is 5.84. The smallest absolute Gasteiger partial charge is 0.274 e. The molecule has 2 N–H and O–H groups in total. The Morgan fingerprint density at radius 2 is 1.86 bits per heavy atom. The Labute approximate surface area is 167 Å². The molecule has 3 aromatic rings. The largest absolute Gasteiger partial charge is 0.497 e. The number of nitrogens with zero attached hydrogens (tertiary/aromatic N) is 2. The van der Waals surface area contributed by atoms with Crippen molar-refractivity contribution in [2.45, 2.75) is 6.42 Å². The van der Waals surface area contributed by atoms with Crippen LogP contribution in [0.15, 0.2) is 54.7 Å². The Hall–Kier alpha value is -3.68. The monoisotopic (exact) mass is 396 g/mol. The van der Waals surface area contributed by atoms with Crippen LogP contribution in [0.5, 0.6) is 11.5 Å². The van der Waals surface area contributed by atoms with Gasteiger partial charge in [-0.2, -0.15) is 0 Å². The molecule has 150 valence electrons. The van der Waals surface area contributed by atoms with Crippen LogP contribution in [0.2, 0.25) is 0 Å².